The molecule has 0 aromatic carbocycles. The topological polar surface area (TPSA) is 58.5 Å². The smallest absolute Gasteiger partial charge is 0.240 e. The lowest BCUT2D eigenvalue weighted by Gasteiger charge is -2.11. The van der Waals surface area contributed by atoms with Gasteiger partial charge >= 0.3 is 0 Å². The van der Waals surface area contributed by atoms with Crippen LogP contribution in [0.2, 0.25) is 0 Å². The van der Waals surface area contributed by atoms with Gasteiger partial charge in [0.1, 0.15) is 11.7 Å². The van der Waals surface area contributed by atoms with Crippen molar-refractivity contribution >= 4 is 11.7 Å². The van der Waals surface area contributed by atoms with Crippen molar-refractivity contribution < 1.29 is 9.68 Å². The SMILES string of the molecule is C.C=C1N=C(C)NO1.C=C1ON=C(C)N1CC.CCC. The molecule has 0 bridgehead atoms. The zero-order chi connectivity index (χ0) is 14.8. The van der Waals surface area contributed by atoms with Gasteiger partial charge in [0.05, 0.1) is 0 Å². The summed E-state index contributed by atoms with van der Waals surface area (Å²) >= 11 is 0. The summed E-state index contributed by atoms with van der Waals surface area (Å²) < 4.78 is 0. The fourth-order valence-corrected chi connectivity index (χ4v) is 1.17. The highest BCUT2D eigenvalue weighted by atomic mass is 16.7. The maximum atomic E-state index is 4.79. The lowest BCUT2D eigenvalue weighted by Crippen LogP contribution is -2.22. The summed E-state index contributed by atoms with van der Waals surface area (Å²) in [6.07, 6.45) is 1.25. The highest BCUT2D eigenvalue weighted by Crippen LogP contribution is 2.12. The van der Waals surface area contributed by atoms with Gasteiger partial charge in [0.15, 0.2) is 0 Å². The van der Waals surface area contributed by atoms with Gasteiger partial charge in [-0.05, 0) is 33.9 Å². The zero-order valence-corrected chi connectivity index (χ0v) is 12.5. The quantitative estimate of drug-likeness (QED) is 0.799. The van der Waals surface area contributed by atoms with Gasteiger partial charge in [0.2, 0.25) is 11.8 Å². The van der Waals surface area contributed by atoms with Crippen LogP contribution in [0.1, 0.15) is 48.5 Å². The molecule has 0 spiro atoms. The van der Waals surface area contributed by atoms with Crippen molar-refractivity contribution in [3.63, 3.8) is 0 Å². The van der Waals surface area contributed by atoms with E-state index >= 15 is 0 Å². The Morgan fingerprint density at radius 3 is 1.90 bits per heavy atom. The molecule has 0 aromatic rings. The molecule has 0 fully saturated rings. The Labute approximate surface area is 122 Å². The molecule has 6 heteroatoms. The molecule has 0 amide bonds. The van der Waals surface area contributed by atoms with Gasteiger partial charge in [0, 0.05) is 6.54 Å². The summed E-state index contributed by atoms with van der Waals surface area (Å²) in [5.41, 5.74) is 2.52. The normalized spacial score (nSPS) is 15.2. The van der Waals surface area contributed by atoms with Gasteiger partial charge in [-0.1, -0.05) is 32.9 Å². The van der Waals surface area contributed by atoms with E-state index in [1.165, 1.54) is 6.42 Å². The van der Waals surface area contributed by atoms with E-state index < -0.39 is 0 Å². The van der Waals surface area contributed by atoms with Crippen molar-refractivity contribution in [1.82, 2.24) is 10.4 Å². The van der Waals surface area contributed by atoms with Crippen LogP contribution in [-0.4, -0.2) is 23.1 Å². The molecular formula is C14H28N4O2. The number of aliphatic imine (C=N–C) groups is 1. The van der Waals surface area contributed by atoms with E-state index in [4.69, 9.17) is 4.84 Å². The van der Waals surface area contributed by atoms with Crippen molar-refractivity contribution in [1.29, 1.82) is 0 Å². The van der Waals surface area contributed by atoms with Crippen LogP contribution >= 0.6 is 0 Å². The average Bonchev–Trinajstić information content (AvgIpc) is 2.87. The van der Waals surface area contributed by atoms with Crippen LogP contribution in [0.3, 0.4) is 0 Å². The van der Waals surface area contributed by atoms with Crippen LogP contribution < -0.4 is 5.48 Å². The number of amidine groups is 2. The van der Waals surface area contributed by atoms with E-state index in [2.05, 4.69) is 47.5 Å². The number of rotatable bonds is 1. The zero-order valence-electron chi connectivity index (χ0n) is 12.5. The fourth-order valence-electron chi connectivity index (χ4n) is 1.17. The molecule has 0 saturated heterocycles. The third-order valence-corrected chi connectivity index (χ3v) is 1.90. The molecule has 2 aliphatic rings. The molecule has 116 valence electrons. The van der Waals surface area contributed by atoms with Crippen LogP contribution in [0.25, 0.3) is 0 Å². The lowest BCUT2D eigenvalue weighted by molar-refractivity contribution is 0.178. The van der Waals surface area contributed by atoms with Crippen LogP contribution in [-0.2, 0) is 9.68 Å². The van der Waals surface area contributed by atoms with E-state index in [0.29, 0.717) is 11.8 Å². The molecule has 0 atom stereocenters. The van der Waals surface area contributed by atoms with Gasteiger partial charge < -0.3 is 9.68 Å². The number of oxime groups is 1. The standard InChI is InChI=1S/C6H10N2O.C4H6N2O.C3H8.CH4/c1-4-8-5(2)7-9-6(8)3;1-3-5-4(2)7-6-3;1-3-2;/h3-4H2,1-2H3;2H2,1H3,(H,5,6);3H2,1-2H3;1H4. The van der Waals surface area contributed by atoms with Crippen molar-refractivity contribution in [3.05, 3.63) is 24.9 Å². The number of nitrogens with one attached hydrogen (secondary N) is 1. The Hall–Kier alpha value is -1.98. The molecule has 1 N–H and O–H groups in total. The van der Waals surface area contributed by atoms with E-state index in [1.54, 1.807) is 6.92 Å². The Balaban J connectivity index is 0. The monoisotopic (exact) mass is 284 g/mol. The van der Waals surface area contributed by atoms with Crippen molar-refractivity contribution in [2.24, 2.45) is 10.1 Å². The molecule has 20 heavy (non-hydrogen) atoms. The minimum absolute atomic E-state index is 0. The summed E-state index contributed by atoms with van der Waals surface area (Å²) in [5, 5.41) is 3.71. The average molecular weight is 284 g/mol. The highest BCUT2D eigenvalue weighted by molar-refractivity contribution is 5.81. The Bertz CT molecular complexity index is 375. The van der Waals surface area contributed by atoms with Crippen molar-refractivity contribution in [3.8, 4) is 0 Å². The number of hydroxylamine groups is 1. The number of hydrogen-bond acceptors (Lipinski definition) is 6. The van der Waals surface area contributed by atoms with E-state index in [-0.39, 0.29) is 7.43 Å². The van der Waals surface area contributed by atoms with Crippen LogP contribution in [0.15, 0.2) is 35.1 Å². The molecule has 0 radical (unpaired) electrons. The molecule has 0 aromatic heterocycles. The molecule has 0 unspecified atom stereocenters. The summed E-state index contributed by atoms with van der Waals surface area (Å²) in [6.45, 7) is 17.9. The first kappa shape index (κ1) is 20.3. The minimum Gasteiger partial charge on any atom is -0.361 e. The van der Waals surface area contributed by atoms with Crippen molar-refractivity contribution in [2.75, 3.05) is 6.54 Å². The van der Waals surface area contributed by atoms with Gasteiger partial charge in [-0.15, -0.1) is 0 Å². The summed E-state index contributed by atoms with van der Waals surface area (Å²) in [4.78, 5) is 15.1. The predicted molar refractivity (Wildman–Crippen MR) is 84.9 cm³/mol. The number of hydrogen-bond donors (Lipinski definition) is 1. The second-order valence-electron chi connectivity index (χ2n) is 3.87. The second kappa shape index (κ2) is 10.9. The highest BCUT2D eigenvalue weighted by Gasteiger charge is 2.16. The molecule has 2 rings (SSSR count). The Morgan fingerprint density at radius 2 is 1.75 bits per heavy atom. The molecule has 6 nitrogen and oxygen atoms in total. The minimum atomic E-state index is 0. The van der Waals surface area contributed by atoms with Crippen LogP contribution in [0, 0.1) is 0 Å². The molecular weight excluding hydrogens is 256 g/mol. The Morgan fingerprint density at radius 1 is 1.20 bits per heavy atom. The van der Waals surface area contributed by atoms with E-state index in [9.17, 15) is 0 Å². The van der Waals surface area contributed by atoms with E-state index in [1.807, 2.05) is 18.7 Å². The molecule has 2 aliphatic heterocycles. The summed E-state index contributed by atoms with van der Waals surface area (Å²) in [6, 6.07) is 0. The first-order chi connectivity index (χ1) is 8.96. The van der Waals surface area contributed by atoms with Crippen molar-refractivity contribution in [2.45, 2.75) is 48.5 Å². The van der Waals surface area contributed by atoms with Crippen LogP contribution in [0.4, 0.5) is 0 Å². The van der Waals surface area contributed by atoms with E-state index in [0.717, 1.165) is 18.2 Å². The molecule has 0 aliphatic carbocycles. The largest absolute Gasteiger partial charge is 0.361 e. The summed E-state index contributed by atoms with van der Waals surface area (Å²) in [5.74, 6) is 2.68. The van der Waals surface area contributed by atoms with Gasteiger partial charge in [-0.2, -0.15) is 4.99 Å². The van der Waals surface area contributed by atoms with Crippen LogP contribution in [0.5, 0.6) is 0 Å². The Kier molecular flexibility index (Phi) is 11.1. The number of nitrogens with zero attached hydrogens (tertiary/aromatic N) is 3. The maximum absolute atomic E-state index is 4.79. The molecule has 2 heterocycles. The van der Waals surface area contributed by atoms with Gasteiger partial charge in [-0.25, -0.2) is 5.48 Å². The lowest BCUT2D eigenvalue weighted by atomic mass is 10.5. The molecule has 0 saturated carbocycles. The summed E-state index contributed by atoms with van der Waals surface area (Å²) in [7, 11) is 0. The first-order valence-electron chi connectivity index (χ1n) is 6.31. The second-order valence-corrected chi connectivity index (χ2v) is 3.87. The van der Waals surface area contributed by atoms with Gasteiger partial charge in [0.25, 0.3) is 0 Å². The maximum Gasteiger partial charge on any atom is 0.240 e. The third-order valence-electron chi connectivity index (χ3n) is 1.90. The third kappa shape index (κ3) is 7.45. The fraction of sp³-hybridized carbons (Fsp3) is 0.571. The predicted octanol–water partition coefficient (Wildman–Crippen LogP) is 3.61. The first-order valence-corrected chi connectivity index (χ1v) is 6.31. The van der Waals surface area contributed by atoms with Gasteiger partial charge in [-0.3, -0.25) is 4.90 Å².